The molecule has 1 saturated heterocycles. The Morgan fingerprint density at radius 2 is 2.00 bits per heavy atom. The monoisotopic (exact) mass is 236 g/mol. The van der Waals surface area contributed by atoms with Crippen LogP contribution in [0.4, 0.5) is 13.2 Å². The average Bonchev–Trinajstić information content (AvgIpc) is 2.77. The fraction of sp³-hybridized carbons (Fsp3) is 0.900. The molecule has 2 fully saturated rings. The number of carbonyl (C=O) groups excluding carboxylic acids is 1. The number of amides is 1. The van der Waals surface area contributed by atoms with Gasteiger partial charge in [-0.1, -0.05) is 6.92 Å². The van der Waals surface area contributed by atoms with Crippen molar-refractivity contribution in [1.29, 1.82) is 0 Å². The minimum absolute atomic E-state index is 0.0408. The summed E-state index contributed by atoms with van der Waals surface area (Å²) in [5.74, 6) is -0.307. The first-order valence-corrected chi connectivity index (χ1v) is 5.47. The fourth-order valence-corrected chi connectivity index (χ4v) is 1.95. The van der Waals surface area contributed by atoms with Crippen LogP contribution in [0.1, 0.15) is 13.3 Å². The van der Waals surface area contributed by atoms with Crippen molar-refractivity contribution in [1.82, 2.24) is 10.2 Å². The molecule has 0 bridgehead atoms. The van der Waals surface area contributed by atoms with E-state index < -0.39 is 12.1 Å². The van der Waals surface area contributed by atoms with Crippen molar-refractivity contribution in [3.05, 3.63) is 0 Å². The second-order valence-corrected chi connectivity index (χ2v) is 4.79. The molecule has 1 saturated carbocycles. The quantitative estimate of drug-likeness (QED) is 0.793. The van der Waals surface area contributed by atoms with E-state index in [9.17, 15) is 18.0 Å². The summed E-state index contributed by atoms with van der Waals surface area (Å²) in [6.45, 7) is 3.38. The first-order chi connectivity index (χ1) is 7.38. The van der Waals surface area contributed by atoms with Crippen LogP contribution in [0.25, 0.3) is 0 Å². The summed E-state index contributed by atoms with van der Waals surface area (Å²) in [6.07, 6.45) is -3.53. The number of alkyl halides is 3. The zero-order valence-corrected chi connectivity index (χ0v) is 9.05. The highest BCUT2D eigenvalue weighted by molar-refractivity contribution is 5.82. The summed E-state index contributed by atoms with van der Waals surface area (Å²) < 4.78 is 36.0. The standard InChI is InChI=1S/C10H15F3N2O/c1-6-2-7(6)3-14-8-4-15(5-8)9(16)10(11,12)13/h6-8,14H,2-5H2,1H3. The highest BCUT2D eigenvalue weighted by Gasteiger charge is 2.46. The molecule has 0 radical (unpaired) electrons. The topological polar surface area (TPSA) is 32.3 Å². The van der Waals surface area contributed by atoms with Crippen LogP contribution in [-0.4, -0.2) is 42.7 Å². The number of nitrogens with one attached hydrogen (secondary N) is 1. The van der Waals surface area contributed by atoms with Gasteiger partial charge < -0.3 is 10.2 Å². The number of likely N-dealkylation sites (tertiary alicyclic amines) is 1. The maximum absolute atomic E-state index is 12.0. The van der Waals surface area contributed by atoms with Gasteiger partial charge >= 0.3 is 12.1 Å². The third-order valence-corrected chi connectivity index (χ3v) is 3.36. The van der Waals surface area contributed by atoms with Gasteiger partial charge in [0.1, 0.15) is 0 Å². The predicted molar refractivity (Wildman–Crippen MR) is 51.7 cm³/mol. The molecule has 1 aliphatic heterocycles. The molecule has 2 aliphatic rings. The first-order valence-electron chi connectivity index (χ1n) is 5.47. The minimum Gasteiger partial charge on any atom is -0.332 e. The van der Waals surface area contributed by atoms with Crippen LogP contribution in [0.5, 0.6) is 0 Å². The van der Waals surface area contributed by atoms with Crippen molar-refractivity contribution in [3.63, 3.8) is 0 Å². The molecular formula is C10H15F3N2O. The van der Waals surface area contributed by atoms with Crippen LogP contribution in [0.15, 0.2) is 0 Å². The Morgan fingerprint density at radius 1 is 1.44 bits per heavy atom. The number of hydrogen-bond acceptors (Lipinski definition) is 2. The van der Waals surface area contributed by atoms with Crippen LogP contribution in [0, 0.1) is 11.8 Å². The van der Waals surface area contributed by atoms with Gasteiger partial charge in [-0.25, -0.2) is 0 Å². The predicted octanol–water partition coefficient (Wildman–Crippen LogP) is 1.01. The number of halogens is 3. The maximum Gasteiger partial charge on any atom is 0.471 e. The Hall–Kier alpha value is -0.780. The van der Waals surface area contributed by atoms with Crippen LogP contribution in [-0.2, 0) is 4.79 Å². The van der Waals surface area contributed by atoms with E-state index in [1.807, 2.05) is 0 Å². The zero-order chi connectivity index (χ0) is 11.9. The van der Waals surface area contributed by atoms with Crippen molar-refractivity contribution in [2.75, 3.05) is 19.6 Å². The number of carbonyl (C=O) groups is 1. The average molecular weight is 236 g/mol. The largest absolute Gasteiger partial charge is 0.471 e. The lowest BCUT2D eigenvalue weighted by atomic mass is 10.1. The normalized spacial score (nSPS) is 30.1. The molecule has 1 N–H and O–H groups in total. The summed E-state index contributed by atoms with van der Waals surface area (Å²) in [4.78, 5) is 11.6. The van der Waals surface area contributed by atoms with Crippen LogP contribution in [0.3, 0.4) is 0 Å². The third kappa shape index (κ3) is 2.48. The van der Waals surface area contributed by atoms with Gasteiger partial charge in [-0.2, -0.15) is 13.2 Å². The Bertz CT molecular complexity index is 286. The molecule has 0 spiro atoms. The van der Waals surface area contributed by atoms with Crippen molar-refractivity contribution in [2.24, 2.45) is 11.8 Å². The molecule has 0 aromatic rings. The van der Waals surface area contributed by atoms with Gasteiger partial charge in [0.15, 0.2) is 0 Å². The molecule has 1 aliphatic carbocycles. The van der Waals surface area contributed by atoms with Crippen LogP contribution in [0.2, 0.25) is 0 Å². The Morgan fingerprint density at radius 3 is 2.44 bits per heavy atom. The lowest BCUT2D eigenvalue weighted by Gasteiger charge is -2.40. The van der Waals surface area contributed by atoms with E-state index in [0.717, 1.165) is 17.4 Å². The third-order valence-electron chi connectivity index (χ3n) is 3.36. The number of hydrogen-bond donors (Lipinski definition) is 1. The van der Waals surface area contributed by atoms with Gasteiger partial charge in [-0.15, -0.1) is 0 Å². The smallest absolute Gasteiger partial charge is 0.332 e. The fourth-order valence-electron chi connectivity index (χ4n) is 1.95. The molecule has 16 heavy (non-hydrogen) atoms. The zero-order valence-electron chi connectivity index (χ0n) is 9.05. The van der Waals surface area contributed by atoms with E-state index in [-0.39, 0.29) is 19.1 Å². The SMILES string of the molecule is CC1CC1CNC1CN(C(=O)C(F)(F)F)C1. The summed E-state index contributed by atoms with van der Waals surface area (Å²) in [6, 6.07) is 0.0408. The summed E-state index contributed by atoms with van der Waals surface area (Å²) in [7, 11) is 0. The van der Waals surface area contributed by atoms with E-state index in [1.165, 1.54) is 6.42 Å². The van der Waals surface area contributed by atoms with Crippen molar-refractivity contribution < 1.29 is 18.0 Å². The molecule has 92 valence electrons. The maximum atomic E-state index is 12.0. The molecule has 0 aromatic carbocycles. The van der Waals surface area contributed by atoms with Crippen molar-refractivity contribution >= 4 is 5.91 Å². The van der Waals surface area contributed by atoms with Gasteiger partial charge in [0.05, 0.1) is 0 Å². The molecule has 6 heteroatoms. The second-order valence-electron chi connectivity index (χ2n) is 4.79. The van der Waals surface area contributed by atoms with Gasteiger partial charge in [0.2, 0.25) is 0 Å². The molecular weight excluding hydrogens is 221 g/mol. The van der Waals surface area contributed by atoms with E-state index in [0.29, 0.717) is 5.92 Å². The summed E-state index contributed by atoms with van der Waals surface area (Å²) >= 11 is 0. The number of nitrogens with zero attached hydrogens (tertiary/aromatic N) is 1. The summed E-state index contributed by atoms with van der Waals surface area (Å²) in [5, 5.41) is 3.19. The van der Waals surface area contributed by atoms with Gasteiger partial charge in [0, 0.05) is 19.1 Å². The van der Waals surface area contributed by atoms with E-state index in [4.69, 9.17) is 0 Å². The van der Waals surface area contributed by atoms with Gasteiger partial charge in [-0.3, -0.25) is 4.79 Å². The van der Waals surface area contributed by atoms with Gasteiger partial charge in [0.25, 0.3) is 0 Å². The van der Waals surface area contributed by atoms with E-state index >= 15 is 0 Å². The van der Waals surface area contributed by atoms with Crippen LogP contribution >= 0.6 is 0 Å². The molecule has 2 unspecified atom stereocenters. The lowest BCUT2D eigenvalue weighted by molar-refractivity contribution is -0.190. The molecule has 3 nitrogen and oxygen atoms in total. The molecule has 2 rings (SSSR count). The second kappa shape index (κ2) is 3.91. The molecule has 1 heterocycles. The van der Waals surface area contributed by atoms with E-state index in [2.05, 4.69) is 12.2 Å². The van der Waals surface area contributed by atoms with Gasteiger partial charge in [-0.05, 0) is 24.8 Å². The van der Waals surface area contributed by atoms with Crippen molar-refractivity contribution in [2.45, 2.75) is 25.6 Å². The highest BCUT2D eigenvalue weighted by Crippen LogP contribution is 2.37. The van der Waals surface area contributed by atoms with Crippen LogP contribution < -0.4 is 5.32 Å². The molecule has 0 aromatic heterocycles. The van der Waals surface area contributed by atoms with E-state index in [1.54, 1.807) is 0 Å². The lowest BCUT2D eigenvalue weighted by Crippen LogP contribution is -2.62. The Balaban J connectivity index is 1.64. The minimum atomic E-state index is -4.73. The molecule has 2 atom stereocenters. The summed E-state index contributed by atoms with van der Waals surface area (Å²) in [5.41, 5.74) is 0. The highest BCUT2D eigenvalue weighted by atomic mass is 19.4. The molecule has 1 amide bonds. The number of rotatable bonds is 3. The Kier molecular flexibility index (Phi) is 2.86. The first kappa shape index (κ1) is 11.7. The van der Waals surface area contributed by atoms with Crippen molar-refractivity contribution in [3.8, 4) is 0 Å². The Labute approximate surface area is 92.0 Å².